The lowest BCUT2D eigenvalue weighted by Gasteiger charge is -2.47. The second-order valence-electron chi connectivity index (χ2n) is 11.4. The zero-order valence-corrected chi connectivity index (χ0v) is 21.2. The van der Waals surface area contributed by atoms with Crippen molar-refractivity contribution in [1.82, 2.24) is 20.6 Å². The standard InChI is InChI=1S/C27H38N4O4/c1-17(32)31-21(11-18-6-9-28-24(34)12-18)23(33)16-29-22-14-27(7-5-8-27)35-25-20(22)10-19(15-30-25)13-26(2,3)4/h6,9-10,12,15,21-23,29,33H,5,7-8,11,13-14,16H2,1-4H3,(H,28,34)(H,31,32)/t21-,22-,23-/m0/s1. The Morgan fingerprint density at radius 3 is 2.71 bits per heavy atom. The van der Waals surface area contributed by atoms with Crippen LogP contribution in [0.3, 0.4) is 0 Å². The first-order chi connectivity index (χ1) is 16.5. The van der Waals surface area contributed by atoms with Crippen LogP contribution in [-0.2, 0) is 17.6 Å². The molecule has 0 aromatic carbocycles. The van der Waals surface area contributed by atoms with Crippen LogP contribution in [0.4, 0.5) is 0 Å². The number of nitrogens with zero attached hydrogens (tertiary/aromatic N) is 1. The summed E-state index contributed by atoms with van der Waals surface area (Å²) in [5, 5.41) is 17.5. The predicted octanol–water partition coefficient (Wildman–Crippen LogP) is 2.80. The smallest absolute Gasteiger partial charge is 0.248 e. The van der Waals surface area contributed by atoms with Crippen LogP contribution in [0.25, 0.3) is 0 Å². The normalized spacial score (nSPS) is 20.3. The van der Waals surface area contributed by atoms with E-state index >= 15 is 0 Å². The Morgan fingerprint density at radius 1 is 1.31 bits per heavy atom. The number of carbonyl (C=O) groups is 1. The molecule has 0 unspecified atom stereocenters. The number of fused-ring (bicyclic) bond motifs is 1. The van der Waals surface area contributed by atoms with Gasteiger partial charge in [-0.2, -0.15) is 0 Å². The molecule has 3 atom stereocenters. The van der Waals surface area contributed by atoms with Gasteiger partial charge >= 0.3 is 0 Å². The molecule has 8 nitrogen and oxygen atoms in total. The van der Waals surface area contributed by atoms with Gasteiger partial charge in [0.1, 0.15) is 5.60 Å². The molecule has 4 N–H and O–H groups in total. The number of aromatic amines is 1. The van der Waals surface area contributed by atoms with Gasteiger partial charge in [0.05, 0.1) is 12.1 Å². The van der Waals surface area contributed by atoms with Crippen molar-refractivity contribution in [3.8, 4) is 5.88 Å². The molecule has 1 fully saturated rings. The third-order valence-electron chi connectivity index (χ3n) is 6.92. The van der Waals surface area contributed by atoms with E-state index in [9.17, 15) is 14.7 Å². The fourth-order valence-electron chi connectivity index (χ4n) is 5.17. The van der Waals surface area contributed by atoms with Gasteiger partial charge in [-0.3, -0.25) is 9.59 Å². The largest absolute Gasteiger partial charge is 0.471 e. The van der Waals surface area contributed by atoms with E-state index in [4.69, 9.17) is 4.74 Å². The summed E-state index contributed by atoms with van der Waals surface area (Å²) < 4.78 is 6.36. The number of pyridine rings is 2. The third-order valence-corrected chi connectivity index (χ3v) is 6.92. The number of amides is 1. The molecule has 1 amide bonds. The summed E-state index contributed by atoms with van der Waals surface area (Å²) in [7, 11) is 0. The van der Waals surface area contributed by atoms with Gasteiger partial charge in [-0.15, -0.1) is 0 Å². The van der Waals surface area contributed by atoms with Crippen molar-refractivity contribution in [1.29, 1.82) is 0 Å². The number of H-pyrrole nitrogens is 1. The minimum atomic E-state index is -0.840. The monoisotopic (exact) mass is 482 g/mol. The molecule has 8 heteroatoms. The average Bonchev–Trinajstić information content (AvgIpc) is 2.74. The second kappa shape index (κ2) is 10.1. The zero-order valence-electron chi connectivity index (χ0n) is 21.2. The molecular formula is C27H38N4O4. The quantitative estimate of drug-likeness (QED) is 0.460. The van der Waals surface area contributed by atoms with E-state index in [1.807, 2.05) is 6.20 Å². The highest BCUT2D eigenvalue weighted by molar-refractivity contribution is 5.73. The highest BCUT2D eigenvalue weighted by Gasteiger charge is 2.46. The molecule has 4 rings (SSSR count). The van der Waals surface area contributed by atoms with E-state index in [2.05, 4.69) is 47.4 Å². The minimum Gasteiger partial charge on any atom is -0.471 e. The molecule has 190 valence electrons. The minimum absolute atomic E-state index is 0.00124. The topological polar surface area (TPSA) is 116 Å². The molecule has 1 aliphatic heterocycles. The first-order valence-electron chi connectivity index (χ1n) is 12.6. The van der Waals surface area contributed by atoms with E-state index in [0.717, 1.165) is 43.2 Å². The predicted molar refractivity (Wildman–Crippen MR) is 134 cm³/mol. The number of hydrogen-bond donors (Lipinski definition) is 4. The summed E-state index contributed by atoms with van der Waals surface area (Å²) in [6.45, 7) is 8.35. The van der Waals surface area contributed by atoms with Crippen LogP contribution in [0.1, 0.15) is 76.1 Å². The number of aliphatic hydroxyl groups excluding tert-OH is 1. The van der Waals surface area contributed by atoms with Gasteiger partial charge in [-0.05, 0) is 60.8 Å². The maximum Gasteiger partial charge on any atom is 0.248 e. The SMILES string of the molecule is CC(=O)N[C@@H](Cc1cc[nH]c(=O)c1)[C@@H](O)CN[C@H]1CC2(CCC2)Oc2ncc(CC(C)(C)C)cc21. The summed E-state index contributed by atoms with van der Waals surface area (Å²) in [5.41, 5.74) is 2.71. The number of hydrogen-bond acceptors (Lipinski definition) is 6. The summed E-state index contributed by atoms with van der Waals surface area (Å²) in [4.78, 5) is 30.8. The van der Waals surface area contributed by atoms with Gasteiger partial charge in [0.25, 0.3) is 0 Å². The van der Waals surface area contributed by atoms with Gasteiger partial charge in [-0.1, -0.05) is 20.8 Å². The lowest BCUT2D eigenvalue weighted by molar-refractivity contribution is -0.120. The third kappa shape index (κ3) is 6.49. The molecule has 3 heterocycles. The van der Waals surface area contributed by atoms with Gasteiger partial charge in [-0.25, -0.2) is 4.98 Å². The van der Waals surface area contributed by atoms with Gasteiger partial charge < -0.3 is 25.5 Å². The Balaban J connectivity index is 1.51. The van der Waals surface area contributed by atoms with Gasteiger partial charge in [0.2, 0.25) is 17.3 Å². The van der Waals surface area contributed by atoms with Crippen LogP contribution in [0.5, 0.6) is 5.88 Å². The number of ether oxygens (including phenoxy) is 1. The maximum atomic E-state index is 11.8. The van der Waals surface area contributed by atoms with Crippen molar-refractivity contribution < 1.29 is 14.6 Å². The van der Waals surface area contributed by atoms with Crippen LogP contribution in [0.2, 0.25) is 0 Å². The summed E-state index contributed by atoms with van der Waals surface area (Å²) >= 11 is 0. The molecule has 2 aromatic heterocycles. The molecule has 0 radical (unpaired) electrons. The Hall–Kier alpha value is -2.71. The Morgan fingerprint density at radius 2 is 2.09 bits per heavy atom. The van der Waals surface area contributed by atoms with E-state index in [0.29, 0.717) is 12.3 Å². The van der Waals surface area contributed by atoms with Crippen molar-refractivity contribution >= 4 is 5.91 Å². The lowest BCUT2D eigenvalue weighted by atomic mass is 9.73. The Labute approximate surface area is 206 Å². The number of rotatable bonds is 8. The maximum absolute atomic E-state index is 11.8. The molecule has 0 bridgehead atoms. The molecular weight excluding hydrogens is 444 g/mol. The highest BCUT2D eigenvalue weighted by atomic mass is 16.5. The lowest BCUT2D eigenvalue weighted by Crippen LogP contribution is -2.52. The molecule has 0 saturated heterocycles. The van der Waals surface area contributed by atoms with Crippen LogP contribution in [0, 0.1) is 5.41 Å². The van der Waals surface area contributed by atoms with E-state index in [-0.39, 0.29) is 35.1 Å². The van der Waals surface area contributed by atoms with Crippen LogP contribution >= 0.6 is 0 Å². The van der Waals surface area contributed by atoms with Crippen molar-refractivity contribution in [3.05, 3.63) is 57.6 Å². The molecule has 1 aliphatic carbocycles. The zero-order chi connectivity index (χ0) is 25.2. The Bertz CT molecular complexity index is 1100. The van der Waals surface area contributed by atoms with Crippen molar-refractivity contribution in [3.63, 3.8) is 0 Å². The first-order valence-corrected chi connectivity index (χ1v) is 12.6. The van der Waals surface area contributed by atoms with Crippen LogP contribution in [0.15, 0.2) is 35.4 Å². The second-order valence-corrected chi connectivity index (χ2v) is 11.4. The van der Waals surface area contributed by atoms with Crippen molar-refractivity contribution in [2.45, 2.75) is 90.0 Å². The number of aromatic nitrogens is 2. The average molecular weight is 483 g/mol. The van der Waals surface area contributed by atoms with Crippen LogP contribution in [-0.4, -0.2) is 45.3 Å². The molecule has 1 saturated carbocycles. The molecule has 35 heavy (non-hydrogen) atoms. The number of nitrogens with one attached hydrogen (secondary N) is 3. The first kappa shape index (κ1) is 25.4. The summed E-state index contributed by atoms with van der Waals surface area (Å²) in [5.74, 6) is 0.460. The number of carbonyl (C=O) groups excluding carboxylic acids is 1. The van der Waals surface area contributed by atoms with Crippen LogP contribution < -0.4 is 20.9 Å². The van der Waals surface area contributed by atoms with E-state index < -0.39 is 12.1 Å². The Kier molecular flexibility index (Phi) is 7.33. The highest BCUT2D eigenvalue weighted by Crippen LogP contribution is 2.48. The molecule has 2 aromatic rings. The van der Waals surface area contributed by atoms with E-state index in [1.54, 1.807) is 12.3 Å². The van der Waals surface area contributed by atoms with Crippen molar-refractivity contribution in [2.75, 3.05) is 6.54 Å². The number of aliphatic hydroxyl groups is 1. The van der Waals surface area contributed by atoms with Gasteiger partial charge in [0.15, 0.2) is 0 Å². The van der Waals surface area contributed by atoms with E-state index in [1.165, 1.54) is 18.6 Å². The fourth-order valence-corrected chi connectivity index (χ4v) is 5.17. The summed E-state index contributed by atoms with van der Waals surface area (Å²) in [6, 6.07) is 4.94. The summed E-state index contributed by atoms with van der Waals surface area (Å²) in [6.07, 6.45) is 7.92. The molecule has 1 spiro atoms. The van der Waals surface area contributed by atoms with Gasteiger partial charge in [0, 0.05) is 50.0 Å². The molecule has 2 aliphatic rings. The van der Waals surface area contributed by atoms with Crippen molar-refractivity contribution in [2.24, 2.45) is 5.41 Å². The fraction of sp³-hybridized carbons (Fsp3) is 0.593.